The number of aromatic hydroxyl groups is 1. The van der Waals surface area contributed by atoms with Crippen LogP contribution in [0.4, 0.5) is 4.39 Å². The van der Waals surface area contributed by atoms with Crippen molar-refractivity contribution < 1.29 is 10.9 Å². The van der Waals surface area contributed by atoms with Crippen LogP contribution in [-0.2, 0) is 7.05 Å². The van der Waals surface area contributed by atoms with Crippen molar-refractivity contribution in [2.45, 2.75) is 6.42 Å². The SMILES string of the molecule is [2H]c1c(-c2cc(F)cc(-c3ccc(-n4ccn(C)c4=O)c(Cl)c3)c2O)ccnc1C1=CCCN=C1. The molecule has 1 N–H and O–H groups in total. The van der Waals surface area contributed by atoms with Gasteiger partial charge in [0.1, 0.15) is 11.6 Å². The third-order valence-corrected chi connectivity index (χ3v) is 5.96. The molecule has 8 heteroatoms. The van der Waals surface area contributed by atoms with Crippen molar-refractivity contribution in [3.8, 4) is 33.7 Å². The average molecular weight is 476 g/mol. The lowest BCUT2D eigenvalue weighted by molar-refractivity contribution is 0.477. The Labute approximate surface area is 201 Å². The van der Waals surface area contributed by atoms with Gasteiger partial charge < -0.3 is 9.67 Å². The normalized spacial score (nSPS) is 13.6. The number of nitrogens with zero attached hydrogens (tertiary/aromatic N) is 4. The molecular weight excluding hydrogens is 455 g/mol. The van der Waals surface area contributed by atoms with Crippen LogP contribution in [0.15, 0.2) is 76.9 Å². The molecule has 0 unspecified atom stereocenters. The molecule has 0 spiro atoms. The van der Waals surface area contributed by atoms with Gasteiger partial charge in [-0.05, 0) is 53.9 Å². The molecule has 0 amide bonds. The van der Waals surface area contributed by atoms with E-state index >= 15 is 0 Å². The molecule has 34 heavy (non-hydrogen) atoms. The van der Waals surface area contributed by atoms with Crippen LogP contribution in [0.5, 0.6) is 5.75 Å². The fourth-order valence-electron chi connectivity index (χ4n) is 3.90. The number of pyridine rings is 1. The van der Waals surface area contributed by atoms with E-state index in [0.29, 0.717) is 29.1 Å². The van der Waals surface area contributed by atoms with E-state index in [9.17, 15) is 14.3 Å². The summed E-state index contributed by atoms with van der Waals surface area (Å²) >= 11 is 6.47. The van der Waals surface area contributed by atoms with Gasteiger partial charge in [-0.2, -0.15) is 0 Å². The number of phenols is 1. The first-order valence-corrected chi connectivity index (χ1v) is 11.0. The standard InChI is InChI=1S/C26H20ClFN4O2/c1-31-9-10-32(26(31)34)24-5-4-16(11-22(24)27)20-13-19(28)14-21(25(20)33)17-6-8-30-23(12-17)18-3-2-7-29-15-18/h3-6,8-15,33H,2,7H2,1H3/i12D. The Morgan fingerprint density at radius 2 is 1.94 bits per heavy atom. The van der Waals surface area contributed by atoms with Crippen LogP contribution in [0.25, 0.3) is 33.5 Å². The number of phenolic OH excluding ortho intramolecular Hbond substituents is 1. The van der Waals surface area contributed by atoms with Gasteiger partial charge in [0, 0.05) is 55.1 Å². The van der Waals surface area contributed by atoms with Gasteiger partial charge in [0.05, 0.1) is 17.8 Å². The second kappa shape index (κ2) is 8.76. The highest BCUT2D eigenvalue weighted by atomic mass is 35.5. The first-order valence-electron chi connectivity index (χ1n) is 11.1. The smallest absolute Gasteiger partial charge is 0.332 e. The second-order valence-electron chi connectivity index (χ2n) is 7.89. The van der Waals surface area contributed by atoms with Crippen molar-refractivity contribution in [2.75, 3.05) is 6.54 Å². The lowest BCUT2D eigenvalue weighted by Gasteiger charge is -2.14. The van der Waals surface area contributed by atoms with Crippen LogP contribution in [0.1, 0.15) is 13.5 Å². The lowest BCUT2D eigenvalue weighted by Crippen LogP contribution is -2.20. The van der Waals surface area contributed by atoms with Crippen molar-refractivity contribution in [2.24, 2.45) is 12.0 Å². The highest BCUT2D eigenvalue weighted by molar-refractivity contribution is 6.32. The zero-order valence-corrected chi connectivity index (χ0v) is 18.9. The summed E-state index contributed by atoms with van der Waals surface area (Å²) < 4.78 is 26.3. The second-order valence-corrected chi connectivity index (χ2v) is 8.30. The van der Waals surface area contributed by atoms with Gasteiger partial charge in [0.2, 0.25) is 0 Å². The number of benzene rings is 2. The summed E-state index contributed by atoms with van der Waals surface area (Å²) in [5.41, 5.74) is 2.52. The van der Waals surface area contributed by atoms with Crippen LogP contribution in [0.2, 0.25) is 5.02 Å². The van der Waals surface area contributed by atoms with Crippen LogP contribution in [-0.4, -0.2) is 32.0 Å². The number of allylic oxidation sites excluding steroid dienone is 1. The third kappa shape index (κ3) is 3.95. The van der Waals surface area contributed by atoms with Crippen molar-refractivity contribution in [1.29, 1.82) is 0 Å². The number of hydrogen-bond acceptors (Lipinski definition) is 4. The quantitative estimate of drug-likeness (QED) is 0.437. The van der Waals surface area contributed by atoms with Crippen molar-refractivity contribution >= 4 is 23.4 Å². The minimum Gasteiger partial charge on any atom is -0.507 e. The number of halogens is 2. The predicted octanol–water partition coefficient (Wildman–Crippen LogP) is 5.26. The van der Waals surface area contributed by atoms with Crippen LogP contribution >= 0.6 is 11.6 Å². The first kappa shape index (κ1) is 20.6. The van der Waals surface area contributed by atoms with Crippen LogP contribution in [0.3, 0.4) is 0 Å². The molecular formula is C26H20ClFN4O2. The topological polar surface area (TPSA) is 72.4 Å². The van der Waals surface area contributed by atoms with E-state index in [2.05, 4.69) is 9.98 Å². The van der Waals surface area contributed by atoms with Gasteiger partial charge in [-0.1, -0.05) is 23.7 Å². The number of imidazole rings is 1. The minimum atomic E-state index is -0.580. The number of aromatic nitrogens is 3. The summed E-state index contributed by atoms with van der Waals surface area (Å²) in [6.07, 6.45) is 9.12. The van der Waals surface area contributed by atoms with E-state index in [4.69, 9.17) is 13.0 Å². The lowest BCUT2D eigenvalue weighted by atomic mass is 9.96. The maximum atomic E-state index is 14.8. The number of aliphatic imine (C=N–C) groups is 1. The van der Waals surface area contributed by atoms with Crippen molar-refractivity contribution in [3.63, 3.8) is 0 Å². The molecule has 4 aromatic rings. The molecule has 5 rings (SSSR count). The molecule has 3 heterocycles. The Balaban J connectivity index is 1.61. The monoisotopic (exact) mass is 475 g/mol. The molecule has 6 nitrogen and oxygen atoms in total. The molecule has 0 saturated heterocycles. The highest BCUT2D eigenvalue weighted by Crippen LogP contribution is 2.40. The molecule has 0 bridgehead atoms. The fraction of sp³-hybridized carbons (Fsp3) is 0.115. The van der Waals surface area contributed by atoms with E-state index in [0.717, 1.165) is 12.0 Å². The van der Waals surface area contributed by atoms with E-state index in [-0.39, 0.29) is 33.6 Å². The Hall–Kier alpha value is -3.97. The van der Waals surface area contributed by atoms with E-state index in [1.807, 2.05) is 6.08 Å². The largest absolute Gasteiger partial charge is 0.507 e. The maximum Gasteiger partial charge on any atom is 0.332 e. The van der Waals surface area contributed by atoms with Gasteiger partial charge in [-0.15, -0.1) is 0 Å². The summed E-state index contributed by atoms with van der Waals surface area (Å²) in [5.74, 6) is -0.771. The Morgan fingerprint density at radius 3 is 2.62 bits per heavy atom. The molecule has 0 atom stereocenters. The van der Waals surface area contributed by atoms with E-state index in [1.54, 1.807) is 49.9 Å². The average Bonchev–Trinajstić information content (AvgIpc) is 3.19. The van der Waals surface area contributed by atoms with Crippen LogP contribution < -0.4 is 5.69 Å². The Morgan fingerprint density at radius 1 is 1.15 bits per heavy atom. The fourth-order valence-corrected chi connectivity index (χ4v) is 4.17. The molecule has 170 valence electrons. The van der Waals surface area contributed by atoms with Crippen molar-refractivity contribution in [1.82, 2.24) is 14.1 Å². The third-order valence-electron chi connectivity index (χ3n) is 5.65. The highest BCUT2D eigenvalue weighted by Gasteiger charge is 2.17. The summed E-state index contributed by atoms with van der Waals surface area (Å²) in [7, 11) is 1.64. The molecule has 1 aliphatic rings. The summed E-state index contributed by atoms with van der Waals surface area (Å²) in [5, 5.41) is 11.4. The molecule has 2 aromatic carbocycles. The molecule has 0 aliphatic carbocycles. The number of rotatable bonds is 4. The number of aryl methyl sites for hydroxylation is 1. The minimum absolute atomic E-state index is 0.0655. The van der Waals surface area contributed by atoms with Gasteiger partial charge in [-0.3, -0.25) is 14.5 Å². The zero-order valence-electron chi connectivity index (χ0n) is 19.2. The molecule has 0 fully saturated rings. The molecule has 1 aliphatic heterocycles. The Kier molecular flexibility index (Phi) is 5.31. The predicted molar refractivity (Wildman–Crippen MR) is 132 cm³/mol. The number of dihydropyridines is 1. The Bertz CT molecular complexity index is 1590. The summed E-state index contributed by atoms with van der Waals surface area (Å²) in [6.45, 7) is 0.685. The zero-order chi connectivity index (χ0) is 24.7. The van der Waals surface area contributed by atoms with E-state index < -0.39 is 5.82 Å². The first-order chi connectivity index (χ1) is 16.8. The maximum absolute atomic E-state index is 14.8. The summed E-state index contributed by atoms with van der Waals surface area (Å²) in [4.78, 5) is 20.9. The van der Waals surface area contributed by atoms with Crippen molar-refractivity contribution in [3.05, 3.63) is 94.1 Å². The van der Waals surface area contributed by atoms with Gasteiger partial charge in [0.15, 0.2) is 0 Å². The van der Waals surface area contributed by atoms with Gasteiger partial charge >= 0.3 is 5.69 Å². The van der Waals surface area contributed by atoms with Gasteiger partial charge in [-0.25, -0.2) is 9.18 Å². The van der Waals surface area contributed by atoms with E-state index in [1.165, 1.54) is 27.5 Å². The number of hydrogen-bond donors (Lipinski definition) is 1. The molecule has 0 saturated carbocycles. The molecule has 2 aromatic heterocycles. The van der Waals surface area contributed by atoms with Gasteiger partial charge in [0.25, 0.3) is 0 Å². The molecule has 0 radical (unpaired) electrons. The summed E-state index contributed by atoms with van der Waals surface area (Å²) in [6, 6.07) is 8.90. The van der Waals surface area contributed by atoms with Crippen LogP contribution in [0, 0.1) is 5.82 Å².